The molecule has 18 heavy (non-hydrogen) atoms. The van der Waals surface area contributed by atoms with Gasteiger partial charge < -0.3 is 10.5 Å². The van der Waals surface area contributed by atoms with Crippen molar-refractivity contribution in [3.05, 3.63) is 46.2 Å². The van der Waals surface area contributed by atoms with Crippen LogP contribution in [0.4, 0.5) is 0 Å². The molecule has 2 rings (SSSR count). The fourth-order valence-electron chi connectivity index (χ4n) is 1.83. The third-order valence-corrected chi connectivity index (χ3v) is 3.17. The van der Waals surface area contributed by atoms with Crippen molar-refractivity contribution in [1.29, 1.82) is 0 Å². The SMILES string of the molecule is COc1ccc(CN)cc1Cn1cc(Cl)c(C)n1. The Kier molecular flexibility index (Phi) is 3.89. The minimum atomic E-state index is 0.510. The van der Waals surface area contributed by atoms with Crippen LogP contribution in [-0.4, -0.2) is 16.9 Å². The minimum Gasteiger partial charge on any atom is -0.496 e. The lowest BCUT2D eigenvalue weighted by Crippen LogP contribution is -2.05. The summed E-state index contributed by atoms with van der Waals surface area (Å²) in [6.45, 7) is 3.01. The molecule has 4 nitrogen and oxygen atoms in total. The van der Waals surface area contributed by atoms with Gasteiger partial charge in [0, 0.05) is 18.3 Å². The van der Waals surface area contributed by atoms with Gasteiger partial charge in [0.2, 0.25) is 0 Å². The molecule has 0 saturated heterocycles. The van der Waals surface area contributed by atoms with Gasteiger partial charge in [0.25, 0.3) is 0 Å². The summed E-state index contributed by atoms with van der Waals surface area (Å²) in [5.74, 6) is 0.830. The normalized spacial score (nSPS) is 10.7. The second-order valence-corrected chi connectivity index (χ2v) is 4.52. The summed E-state index contributed by atoms with van der Waals surface area (Å²) in [7, 11) is 1.66. The molecule has 1 aromatic carbocycles. The van der Waals surface area contributed by atoms with Crippen LogP contribution in [-0.2, 0) is 13.1 Å². The topological polar surface area (TPSA) is 53.1 Å². The summed E-state index contributed by atoms with van der Waals surface area (Å²) < 4.78 is 7.14. The van der Waals surface area contributed by atoms with Gasteiger partial charge in [-0.3, -0.25) is 4.68 Å². The van der Waals surface area contributed by atoms with Crippen molar-refractivity contribution in [2.24, 2.45) is 5.73 Å². The van der Waals surface area contributed by atoms with Gasteiger partial charge in [-0.05, 0) is 24.6 Å². The van der Waals surface area contributed by atoms with Gasteiger partial charge in [-0.15, -0.1) is 0 Å². The highest BCUT2D eigenvalue weighted by Gasteiger charge is 2.07. The lowest BCUT2D eigenvalue weighted by Gasteiger charge is -2.10. The number of aryl methyl sites for hydroxylation is 1. The second-order valence-electron chi connectivity index (χ2n) is 4.11. The predicted octanol–water partition coefficient (Wildman–Crippen LogP) is 2.36. The molecule has 5 heteroatoms. The van der Waals surface area contributed by atoms with Crippen molar-refractivity contribution < 1.29 is 4.74 Å². The van der Waals surface area contributed by atoms with Crippen LogP contribution in [0, 0.1) is 6.92 Å². The van der Waals surface area contributed by atoms with Crippen LogP contribution < -0.4 is 10.5 Å². The summed E-state index contributed by atoms with van der Waals surface area (Å²) in [5.41, 5.74) is 8.58. The van der Waals surface area contributed by atoms with Crippen LogP contribution in [0.5, 0.6) is 5.75 Å². The maximum atomic E-state index is 5.99. The molecule has 0 radical (unpaired) electrons. The number of benzene rings is 1. The number of ether oxygens (including phenoxy) is 1. The molecule has 0 saturated carbocycles. The summed E-state index contributed by atoms with van der Waals surface area (Å²) in [6.07, 6.45) is 1.81. The van der Waals surface area contributed by atoms with Crippen molar-refractivity contribution in [1.82, 2.24) is 9.78 Å². The molecule has 0 aliphatic carbocycles. The fraction of sp³-hybridized carbons (Fsp3) is 0.308. The Balaban J connectivity index is 2.31. The number of nitrogens with two attached hydrogens (primary N) is 1. The molecule has 1 aromatic heterocycles. The van der Waals surface area contributed by atoms with Crippen LogP contribution >= 0.6 is 11.6 Å². The molecular formula is C13H16ClN3O. The Bertz CT molecular complexity index is 532. The van der Waals surface area contributed by atoms with E-state index < -0.39 is 0 Å². The second kappa shape index (κ2) is 5.42. The Morgan fingerprint density at radius 3 is 2.78 bits per heavy atom. The molecule has 0 atom stereocenters. The Morgan fingerprint density at radius 2 is 2.22 bits per heavy atom. The zero-order chi connectivity index (χ0) is 13.1. The Hall–Kier alpha value is -1.52. The van der Waals surface area contributed by atoms with Gasteiger partial charge in [0.1, 0.15) is 5.75 Å². The minimum absolute atomic E-state index is 0.510. The van der Waals surface area contributed by atoms with Crippen LogP contribution in [0.15, 0.2) is 24.4 Å². The highest BCUT2D eigenvalue weighted by atomic mass is 35.5. The standard InChI is InChI=1S/C13H16ClN3O/c1-9-12(14)8-17(16-9)7-11-5-10(6-15)3-4-13(11)18-2/h3-5,8H,6-7,15H2,1-2H3. The number of aromatic nitrogens is 2. The van der Waals surface area contributed by atoms with Gasteiger partial charge in [-0.2, -0.15) is 5.10 Å². The number of nitrogens with zero attached hydrogens (tertiary/aromatic N) is 2. The molecular weight excluding hydrogens is 250 g/mol. The van der Waals surface area contributed by atoms with Gasteiger partial charge in [0.05, 0.1) is 24.4 Å². The molecule has 2 N–H and O–H groups in total. The van der Waals surface area contributed by atoms with E-state index in [9.17, 15) is 0 Å². The quantitative estimate of drug-likeness (QED) is 0.923. The zero-order valence-electron chi connectivity index (χ0n) is 10.5. The lowest BCUT2D eigenvalue weighted by atomic mass is 10.1. The molecule has 0 spiro atoms. The van der Waals surface area contributed by atoms with Gasteiger partial charge in [-0.25, -0.2) is 0 Å². The van der Waals surface area contributed by atoms with Crippen LogP contribution in [0.1, 0.15) is 16.8 Å². The molecule has 0 fully saturated rings. The van der Waals surface area contributed by atoms with Crippen LogP contribution in [0.3, 0.4) is 0 Å². The van der Waals surface area contributed by atoms with Crippen molar-refractivity contribution >= 4 is 11.6 Å². The summed E-state index contributed by atoms with van der Waals surface area (Å²) >= 11 is 5.99. The molecule has 0 amide bonds. The highest BCUT2D eigenvalue weighted by Crippen LogP contribution is 2.22. The number of rotatable bonds is 4. The largest absolute Gasteiger partial charge is 0.496 e. The first-order chi connectivity index (χ1) is 8.63. The number of methoxy groups -OCH3 is 1. The monoisotopic (exact) mass is 265 g/mol. The van der Waals surface area contributed by atoms with Gasteiger partial charge >= 0.3 is 0 Å². The third-order valence-electron chi connectivity index (χ3n) is 2.80. The third kappa shape index (κ3) is 2.66. The Morgan fingerprint density at radius 1 is 1.44 bits per heavy atom. The number of hydrogen-bond acceptors (Lipinski definition) is 3. The first kappa shape index (κ1) is 12.9. The van der Waals surface area contributed by atoms with Crippen molar-refractivity contribution in [3.63, 3.8) is 0 Å². The van der Waals surface area contributed by atoms with Crippen molar-refractivity contribution in [2.75, 3.05) is 7.11 Å². The first-order valence-corrected chi connectivity index (χ1v) is 6.07. The molecule has 1 heterocycles. The number of hydrogen-bond donors (Lipinski definition) is 1. The first-order valence-electron chi connectivity index (χ1n) is 5.69. The van der Waals surface area contributed by atoms with E-state index in [1.54, 1.807) is 11.8 Å². The Labute approximate surface area is 111 Å². The van der Waals surface area contributed by atoms with E-state index in [-0.39, 0.29) is 0 Å². The molecule has 0 aliphatic rings. The highest BCUT2D eigenvalue weighted by molar-refractivity contribution is 6.31. The van der Waals surface area contributed by atoms with Crippen LogP contribution in [0.2, 0.25) is 5.02 Å². The molecule has 0 bridgehead atoms. The fourth-order valence-corrected chi connectivity index (χ4v) is 1.98. The van der Waals surface area contributed by atoms with E-state index in [0.717, 1.165) is 22.6 Å². The van der Waals surface area contributed by atoms with Crippen molar-refractivity contribution in [2.45, 2.75) is 20.0 Å². The van der Waals surface area contributed by atoms with E-state index in [4.69, 9.17) is 22.1 Å². The summed E-state index contributed by atoms with van der Waals surface area (Å²) in [4.78, 5) is 0. The van der Waals surface area contributed by atoms with E-state index in [2.05, 4.69) is 5.10 Å². The smallest absolute Gasteiger partial charge is 0.123 e. The van der Waals surface area contributed by atoms with Gasteiger partial charge in [-0.1, -0.05) is 17.7 Å². The van der Waals surface area contributed by atoms with E-state index in [1.807, 2.05) is 31.3 Å². The predicted molar refractivity (Wildman–Crippen MR) is 72.0 cm³/mol. The average Bonchev–Trinajstić information content (AvgIpc) is 2.68. The van der Waals surface area contributed by atoms with Crippen molar-refractivity contribution in [3.8, 4) is 5.75 Å². The molecule has 0 aliphatic heterocycles. The maximum Gasteiger partial charge on any atom is 0.123 e. The average molecular weight is 266 g/mol. The number of halogens is 1. The maximum absolute atomic E-state index is 5.99. The summed E-state index contributed by atoms with van der Waals surface area (Å²) in [5, 5.41) is 5.00. The van der Waals surface area contributed by atoms with E-state index in [1.165, 1.54) is 0 Å². The van der Waals surface area contributed by atoms with E-state index >= 15 is 0 Å². The molecule has 2 aromatic rings. The van der Waals surface area contributed by atoms with Gasteiger partial charge in [0.15, 0.2) is 0 Å². The molecule has 0 unspecified atom stereocenters. The van der Waals surface area contributed by atoms with E-state index in [0.29, 0.717) is 18.1 Å². The molecule has 96 valence electrons. The lowest BCUT2D eigenvalue weighted by molar-refractivity contribution is 0.407. The zero-order valence-corrected chi connectivity index (χ0v) is 11.2. The van der Waals surface area contributed by atoms with Crippen LogP contribution in [0.25, 0.3) is 0 Å². The summed E-state index contributed by atoms with van der Waals surface area (Å²) in [6, 6.07) is 5.92.